The molecule has 184 valence electrons. The maximum Gasteiger partial charge on any atom is 0.336 e. The van der Waals surface area contributed by atoms with Gasteiger partial charge in [-0.25, -0.2) is 9.78 Å². The summed E-state index contributed by atoms with van der Waals surface area (Å²) in [7, 11) is 0. The van der Waals surface area contributed by atoms with E-state index in [2.05, 4.69) is 25.4 Å². The predicted molar refractivity (Wildman–Crippen MR) is 121 cm³/mol. The van der Waals surface area contributed by atoms with E-state index in [0.29, 0.717) is 30.2 Å². The maximum atomic E-state index is 13.4. The summed E-state index contributed by atoms with van der Waals surface area (Å²) < 4.78 is 6.58. The molecule has 4 heterocycles. The van der Waals surface area contributed by atoms with Gasteiger partial charge >= 0.3 is 5.97 Å². The second kappa shape index (κ2) is 9.17. The number of nitrogens with zero attached hydrogens (tertiary/aromatic N) is 7. The van der Waals surface area contributed by atoms with Crippen LogP contribution in [0.4, 0.5) is 0 Å². The first-order chi connectivity index (χ1) is 16.9. The number of primary amides is 1. The van der Waals surface area contributed by atoms with Crippen molar-refractivity contribution in [2.75, 3.05) is 19.7 Å². The summed E-state index contributed by atoms with van der Waals surface area (Å²) in [6.45, 7) is 3.15. The Balaban J connectivity index is 1.25. The smallest absolute Gasteiger partial charge is 0.336 e. The Morgan fingerprint density at radius 1 is 1.26 bits per heavy atom. The number of carbonyl (C=O) groups excluding carboxylic acids is 3. The highest BCUT2D eigenvalue weighted by molar-refractivity contribution is 5.94. The van der Waals surface area contributed by atoms with Crippen molar-refractivity contribution in [3.63, 3.8) is 0 Å². The first-order valence-electron chi connectivity index (χ1n) is 11.8. The summed E-state index contributed by atoms with van der Waals surface area (Å²) in [5.74, 6) is -0.0451. The van der Waals surface area contributed by atoms with Crippen LogP contribution < -0.4 is 5.73 Å². The van der Waals surface area contributed by atoms with E-state index in [1.807, 2.05) is 12.1 Å². The summed E-state index contributed by atoms with van der Waals surface area (Å²) >= 11 is 0. The molecule has 1 spiro atoms. The normalized spacial score (nSPS) is 24.6. The zero-order chi connectivity index (χ0) is 24.6. The van der Waals surface area contributed by atoms with Crippen molar-refractivity contribution < 1.29 is 19.1 Å². The standard InChI is InChI=1S/C23H28N8O4/c1-15-18(13-35-21(15)33)30-9-8-23(22(30)34)6-4-17(5-7-23)29(12-19(24)32)11-16-2-3-20(25-10-16)31-14-26-27-28-31/h2-3,10,14,17H,4-9,11-13H2,1H3,(H2,24,32)/t17-,23+. The number of esters is 1. The lowest BCUT2D eigenvalue weighted by atomic mass is 9.71. The number of pyridine rings is 1. The largest absolute Gasteiger partial charge is 0.456 e. The van der Waals surface area contributed by atoms with E-state index in [4.69, 9.17) is 10.5 Å². The monoisotopic (exact) mass is 480 g/mol. The number of rotatable bonds is 7. The molecule has 3 aliphatic rings. The van der Waals surface area contributed by atoms with Crippen LogP contribution in [-0.2, 0) is 25.7 Å². The van der Waals surface area contributed by atoms with E-state index in [-0.39, 0.29) is 37.0 Å². The van der Waals surface area contributed by atoms with Crippen molar-refractivity contribution in [1.29, 1.82) is 0 Å². The Hall–Kier alpha value is -3.67. The summed E-state index contributed by atoms with van der Waals surface area (Å²) in [5.41, 5.74) is 7.32. The highest BCUT2D eigenvalue weighted by Crippen LogP contribution is 2.47. The summed E-state index contributed by atoms with van der Waals surface area (Å²) in [6.07, 6.45) is 7.03. The molecule has 2 N–H and O–H groups in total. The highest BCUT2D eigenvalue weighted by atomic mass is 16.5. The molecule has 1 saturated heterocycles. The van der Waals surface area contributed by atoms with Crippen molar-refractivity contribution in [1.82, 2.24) is 35.0 Å². The van der Waals surface area contributed by atoms with Crippen LogP contribution in [0, 0.1) is 5.41 Å². The SMILES string of the molecule is CC1=C(N2CC[C@]3(CC[C@H](N(CC(N)=O)Cc4ccc(-n5cnnn5)nc4)CC3)C2=O)COC1=O. The van der Waals surface area contributed by atoms with Crippen LogP contribution in [0.15, 0.2) is 35.9 Å². The number of hydrogen-bond donors (Lipinski definition) is 1. The van der Waals surface area contributed by atoms with Gasteiger partial charge in [0.25, 0.3) is 0 Å². The lowest BCUT2D eigenvalue weighted by Gasteiger charge is -2.40. The molecule has 2 amide bonds. The van der Waals surface area contributed by atoms with Crippen molar-refractivity contribution in [3.8, 4) is 5.82 Å². The van der Waals surface area contributed by atoms with Crippen LogP contribution in [0.25, 0.3) is 5.82 Å². The molecule has 5 rings (SSSR count). The molecule has 2 fully saturated rings. The number of cyclic esters (lactones) is 1. The number of nitrogens with two attached hydrogens (primary N) is 1. The quantitative estimate of drug-likeness (QED) is 0.553. The van der Waals surface area contributed by atoms with Gasteiger partial charge in [0, 0.05) is 25.3 Å². The lowest BCUT2D eigenvalue weighted by molar-refractivity contribution is -0.138. The van der Waals surface area contributed by atoms with Gasteiger partial charge in [0.1, 0.15) is 12.9 Å². The van der Waals surface area contributed by atoms with Gasteiger partial charge in [0.05, 0.1) is 23.2 Å². The third-order valence-electron chi connectivity index (χ3n) is 7.48. The fraction of sp³-hybridized carbons (Fsp3) is 0.522. The van der Waals surface area contributed by atoms with E-state index in [1.54, 1.807) is 18.0 Å². The molecule has 0 radical (unpaired) electrons. The van der Waals surface area contributed by atoms with Crippen LogP contribution in [-0.4, -0.2) is 78.5 Å². The molecule has 0 aromatic carbocycles. The zero-order valence-corrected chi connectivity index (χ0v) is 19.6. The maximum absolute atomic E-state index is 13.4. The Morgan fingerprint density at radius 3 is 2.66 bits per heavy atom. The second-order valence-corrected chi connectivity index (χ2v) is 9.52. The molecular weight excluding hydrogens is 452 g/mol. The zero-order valence-electron chi connectivity index (χ0n) is 19.6. The van der Waals surface area contributed by atoms with Gasteiger partial charge in [-0.2, -0.15) is 4.68 Å². The molecule has 12 heteroatoms. The summed E-state index contributed by atoms with van der Waals surface area (Å²) in [6, 6.07) is 3.89. The minimum atomic E-state index is -0.414. The van der Waals surface area contributed by atoms with Crippen LogP contribution in [0.3, 0.4) is 0 Å². The molecule has 0 bridgehead atoms. The lowest BCUT2D eigenvalue weighted by Crippen LogP contribution is -2.46. The molecule has 2 aromatic heterocycles. The Morgan fingerprint density at radius 2 is 2.06 bits per heavy atom. The number of likely N-dealkylation sites (tertiary alicyclic amines) is 1. The van der Waals surface area contributed by atoms with E-state index < -0.39 is 5.41 Å². The third-order valence-corrected chi connectivity index (χ3v) is 7.48. The number of tetrazole rings is 1. The van der Waals surface area contributed by atoms with E-state index in [1.165, 1.54) is 11.0 Å². The number of aromatic nitrogens is 5. The van der Waals surface area contributed by atoms with Crippen molar-refractivity contribution in [2.24, 2.45) is 11.1 Å². The number of ether oxygens (including phenoxy) is 1. The fourth-order valence-electron chi connectivity index (χ4n) is 5.47. The van der Waals surface area contributed by atoms with Gasteiger partial charge in [-0.05, 0) is 61.1 Å². The number of carbonyl (C=O) groups is 3. The predicted octanol–water partition coefficient (Wildman–Crippen LogP) is 0.337. The number of hydrogen-bond acceptors (Lipinski definition) is 9. The van der Waals surface area contributed by atoms with Crippen LogP contribution in [0.1, 0.15) is 44.6 Å². The number of amides is 2. The molecule has 2 aromatic rings. The molecule has 1 aliphatic carbocycles. The topological polar surface area (TPSA) is 149 Å². The van der Waals surface area contributed by atoms with Gasteiger partial charge in [0.15, 0.2) is 5.82 Å². The summed E-state index contributed by atoms with van der Waals surface area (Å²) in [5, 5.41) is 11.1. The van der Waals surface area contributed by atoms with Gasteiger partial charge in [-0.3, -0.25) is 14.5 Å². The van der Waals surface area contributed by atoms with E-state index in [9.17, 15) is 14.4 Å². The molecule has 2 aliphatic heterocycles. The molecule has 0 atom stereocenters. The Kier molecular flexibility index (Phi) is 6.05. The summed E-state index contributed by atoms with van der Waals surface area (Å²) in [4.78, 5) is 45.3. The Labute approximate surface area is 202 Å². The average molecular weight is 481 g/mol. The van der Waals surface area contributed by atoms with Crippen LogP contribution >= 0.6 is 0 Å². The molecule has 12 nitrogen and oxygen atoms in total. The average Bonchev–Trinajstić information content (AvgIpc) is 3.57. The van der Waals surface area contributed by atoms with Crippen LogP contribution in [0.5, 0.6) is 0 Å². The second-order valence-electron chi connectivity index (χ2n) is 9.52. The minimum absolute atomic E-state index is 0.0902. The third kappa shape index (κ3) is 4.41. The molecule has 1 saturated carbocycles. The molecule has 35 heavy (non-hydrogen) atoms. The minimum Gasteiger partial charge on any atom is -0.456 e. The first kappa shape index (κ1) is 23.1. The Bertz CT molecular complexity index is 1150. The van der Waals surface area contributed by atoms with Gasteiger partial charge in [-0.15, -0.1) is 5.10 Å². The van der Waals surface area contributed by atoms with Gasteiger partial charge in [-0.1, -0.05) is 6.07 Å². The fourth-order valence-corrected chi connectivity index (χ4v) is 5.47. The van der Waals surface area contributed by atoms with Crippen molar-refractivity contribution in [3.05, 3.63) is 41.5 Å². The van der Waals surface area contributed by atoms with Crippen molar-refractivity contribution in [2.45, 2.75) is 51.6 Å². The van der Waals surface area contributed by atoms with Crippen molar-refractivity contribution >= 4 is 17.8 Å². The highest BCUT2D eigenvalue weighted by Gasteiger charge is 2.50. The van der Waals surface area contributed by atoms with E-state index >= 15 is 0 Å². The van der Waals surface area contributed by atoms with E-state index in [0.717, 1.165) is 37.7 Å². The van der Waals surface area contributed by atoms with Gasteiger partial charge < -0.3 is 15.4 Å². The molecular formula is C23H28N8O4. The molecule has 0 unspecified atom stereocenters. The van der Waals surface area contributed by atoms with Gasteiger partial charge in [0.2, 0.25) is 11.8 Å². The van der Waals surface area contributed by atoms with Crippen LogP contribution in [0.2, 0.25) is 0 Å². The first-order valence-corrected chi connectivity index (χ1v) is 11.8.